The molecule has 0 saturated carbocycles. The summed E-state index contributed by atoms with van der Waals surface area (Å²) in [4.78, 5) is 12.0. The first-order chi connectivity index (χ1) is 9.38. The molecule has 1 amide bonds. The molecule has 0 saturated heterocycles. The van der Waals surface area contributed by atoms with Gasteiger partial charge in [0.2, 0.25) is 0 Å². The summed E-state index contributed by atoms with van der Waals surface area (Å²) in [7, 11) is 0. The average Bonchev–Trinajstić information content (AvgIpc) is 2.35. The van der Waals surface area contributed by atoms with Crippen molar-refractivity contribution in [3.63, 3.8) is 0 Å². The topological polar surface area (TPSA) is 55.1 Å². The van der Waals surface area contributed by atoms with Gasteiger partial charge in [0, 0.05) is 11.8 Å². The van der Waals surface area contributed by atoms with E-state index in [4.69, 9.17) is 5.73 Å². The fourth-order valence-electron chi connectivity index (χ4n) is 1.82. The van der Waals surface area contributed by atoms with Crippen molar-refractivity contribution in [2.45, 2.75) is 13.8 Å². The molecule has 20 heavy (non-hydrogen) atoms. The van der Waals surface area contributed by atoms with Gasteiger partial charge in [0.15, 0.2) is 0 Å². The first-order valence-corrected chi connectivity index (χ1v) is 6.01. The molecule has 0 fully saturated rings. The van der Waals surface area contributed by atoms with Crippen LogP contribution in [-0.2, 0) is 0 Å². The van der Waals surface area contributed by atoms with Crippen LogP contribution in [0.5, 0.6) is 0 Å². The summed E-state index contributed by atoms with van der Waals surface area (Å²) in [6.07, 6.45) is 0. The highest BCUT2D eigenvalue weighted by Gasteiger charge is 2.14. The Morgan fingerprint density at radius 2 is 1.80 bits per heavy atom. The van der Waals surface area contributed by atoms with Gasteiger partial charge < -0.3 is 11.1 Å². The van der Waals surface area contributed by atoms with Gasteiger partial charge in [-0.3, -0.25) is 4.79 Å². The summed E-state index contributed by atoms with van der Waals surface area (Å²) in [5, 5.41) is 2.32. The number of amides is 1. The highest BCUT2D eigenvalue weighted by Crippen LogP contribution is 2.21. The van der Waals surface area contributed by atoms with Gasteiger partial charge in [-0.2, -0.15) is 0 Å². The average molecular weight is 276 g/mol. The molecular weight excluding hydrogens is 262 g/mol. The summed E-state index contributed by atoms with van der Waals surface area (Å²) < 4.78 is 27.1. The highest BCUT2D eigenvalue weighted by atomic mass is 19.1. The lowest BCUT2D eigenvalue weighted by Gasteiger charge is -2.10. The SMILES string of the molecule is Cc1ccc(C(=O)Nc2cc(F)c(C)cc2F)c(N)c1. The van der Waals surface area contributed by atoms with E-state index in [0.717, 1.165) is 17.7 Å². The second-order valence-electron chi connectivity index (χ2n) is 4.63. The predicted molar refractivity (Wildman–Crippen MR) is 74.6 cm³/mol. The standard InChI is InChI=1S/C15H14F2N2O/c1-8-3-4-10(13(18)5-8)15(20)19-14-7-11(16)9(2)6-12(14)17/h3-7H,18H2,1-2H3,(H,19,20). The monoisotopic (exact) mass is 276 g/mol. The van der Waals surface area contributed by atoms with Crippen LogP contribution in [0.25, 0.3) is 0 Å². The van der Waals surface area contributed by atoms with Crippen molar-refractivity contribution in [3.05, 3.63) is 58.7 Å². The number of hydrogen-bond donors (Lipinski definition) is 2. The molecular formula is C15H14F2N2O. The number of nitrogens with two attached hydrogens (primary N) is 1. The van der Waals surface area contributed by atoms with E-state index >= 15 is 0 Å². The van der Waals surface area contributed by atoms with Crippen molar-refractivity contribution in [1.82, 2.24) is 0 Å². The number of benzene rings is 2. The second-order valence-corrected chi connectivity index (χ2v) is 4.63. The number of hydrogen-bond acceptors (Lipinski definition) is 2. The molecule has 0 radical (unpaired) electrons. The van der Waals surface area contributed by atoms with E-state index in [0.29, 0.717) is 0 Å². The quantitative estimate of drug-likeness (QED) is 0.826. The zero-order valence-corrected chi connectivity index (χ0v) is 11.1. The normalized spacial score (nSPS) is 10.4. The van der Waals surface area contributed by atoms with Gasteiger partial charge in [-0.25, -0.2) is 8.78 Å². The van der Waals surface area contributed by atoms with Crippen molar-refractivity contribution in [3.8, 4) is 0 Å². The van der Waals surface area contributed by atoms with E-state index in [-0.39, 0.29) is 22.5 Å². The molecule has 5 heteroatoms. The largest absolute Gasteiger partial charge is 0.398 e. The molecule has 3 nitrogen and oxygen atoms in total. The number of carbonyl (C=O) groups is 1. The van der Waals surface area contributed by atoms with Crippen LogP contribution in [0.15, 0.2) is 30.3 Å². The molecule has 0 aromatic heterocycles. The lowest BCUT2D eigenvalue weighted by Crippen LogP contribution is -2.15. The molecule has 104 valence electrons. The maximum absolute atomic E-state index is 13.7. The Bertz CT molecular complexity index is 684. The fraction of sp³-hybridized carbons (Fsp3) is 0.133. The second kappa shape index (κ2) is 5.28. The summed E-state index contributed by atoms with van der Waals surface area (Å²) in [6, 6.07) is 6.89. The third kappa shape index (κ3) is 2.77. The van der Waals surface area contributed by atoms with Crippen LogP contribution >= 0.6 is 0 Å². The van der Waals surface area contributed by atoms with E-state index in [1.165, 1.54) is 6.92 Å². The zero-order valence-electron chi connectivity index (χ0n) is 11.1. The van der Waals surface area contributed by atoms with Gasteiger partial charge in [0.05, 0.1) is 11.3 Å². The minimum Gasteiger partial charge on any atom is -0.398 e. The number of nitrogen functional groups attached to an aromatic ring is 1. The lowest BCUT2D eigenvalue weighted by atomic mass is 10.1. The Hall–Kier alpha value is -2.43. The summed E-state index contributed by atoms with van der Waals surface area (Å²) in [5.41, 5.74) is 7.12. The molecule has 0 aliphatic carbocycles. The maximum atomic E-state index is 13.7. The van der Waals surface area contributed by atoms with Gasteiger partial charge in [-0.1, -0.05) is 6.07 Å². The molecule has 0 atom stereocenters. The van der Waals surface area contributed by atoms with Gasteiger partial charge >= 0.3 is 0 Å². The summed E-state index contributed by atoms with van der Waals surface area (Å²) >= 11 is 0. The Morgan fingerprint density at radius 3 is 2.45 bits per heavy atom. The Balaban J connectivity index is 2.30. The van der Waals surface area contributed by atoms with E-state index in [1.54, 1.807) is 18.2 Å². The van der Waals surface area contributed by atoms with Gasteiger partial charge in [0.1, 0.15) is 11.6 Å². The first-order valence-electron chi connectivity index (χ1n) is 6.01. The molecule has 0 unspecified atom stereocenters. The third-order valence-corrected chi connectivity index (χ3v) is 2.95. The van der Waals surface area contributed by atoms with Crippen LogP contribution in [0.4, 0.5) is 20.2 Å². The molecule has 3 N–H and O–H groups in total. The Kier molecular flexibility index (Phi) is 3.70. The molecule has 2 rings (SSSR count). The molecule has 0 aliphatic rings. The summed E-state index contributed by atoms with van der Waals surface area (Å²) in [6.45, 7) is 3.29. The van der Waals surface area contributed by atoms with E-state index in [2.05, 4.69) is 5.32 Å². The lowest BCUT2D eigenvalue weighted by molar-refractivity contribution is 0.102. The van der Waals surface area contributed by atoms with Crippen LogP contribution in [0.1, 0.15) is 21.5 Å². The van der Waals surface area contributed by atoms with Crippen LogP contribution in [0.3, 0.4) is 0 Å². The molecule has 0 bridgehead atoms. The van der Waals surface area contributed by atoms with Gasteiger partial charge in [-0.05, 0) is 43.2 Å². The molecule has 0 heterocycles. The zero-order chi connectivity index (χ0) is 14.9. The van der Waals surface area contributed by atoms with Gasteiger partial charge in [0.25, 0.3) is 5.91 Å². The fourth-order valence-corrected chi connectivity index (χ4v) is 1.82. The number of aryl methyl sites for hydroxylation is 2. The van der Waals surface area contributed by atoms with Crippen LogP contribution in [0.2, 0.25) is 0 Å². The van der Waals surface area contributed by atoms with Crippen molar-refractivity contribution < 1.29 is 13.6 Å². The number of rotatable bonds is 2. The summed E-state index contributed by atoms with van der Waals surface area (Å²) in [5.74, 6) is -1.86. The minimum atomic E-state index is -0.692. The van der Waals surface area contributed by atoms with Gasteiger partial charge in [-0.15, -0.1) is 0 Å². The highest BCUT2D eigenvalue weighted by molar-refractivity contribution is 6.07. The van der Waals surface area contributed by atoms with Crippen LogP contribution in [-0.4, -0.2) is 5.91 Å². The maximum Gasteiger partial charge on any atom is 0.257 e. The van der Waals surface area contributed by atoms with E-state index in [9.17, 15) is 13.6 Å². The van der Waals surface area contributed by atoms with Crippen molar-refractivity contribution in [1.29, 1.82) is 0 Å². The Morgan fingerprint density at radius 1 is 1.10 bits per heavy atom. The number of anilines is 2. The molecule has 2 aromatic rings. The van der Waals surface area contributed by atoms with Crippen molar-refractivity contribution >= 4 is 17.3 Å². The van der Waals surface area contributed by atoms with Crippen LogP contribution in [0, 0.1) is 25.5 Å². The smallest absolute Gasteiger partial charge is 0.257 e. The number of carbonyl (C=O) groups excluding carboxylic acids is 1. The first kappa shape index (κ1) is 14.0. The predicted octanol–water partition coefficient (Wildman–Crippen LogP) is 3.42. The Labute approximate surface area is 115 Å². The third-order valence-electron chi connectivity index (χ3n) is 2.95. The number of halogens is 2. The van der Waals surface area contributed by atoms with Crippen LogP contribution < -0.4 is 11.1 Å². The molecule has 0 aliphatic heterocycles. The molecule has 0 spiro atoms. The van der Waals surface area contributed by atoms with Crippen molar-refractivity contribution in [2.24, 2.45) is 0 Å². The van der Waals surface area contributed by atoms with E-state index < -0.39 is 17.5 Å². The van der Waals surface area contributed by atoms with Crippen molar-refractivity contribution in [2.75, 3.05) is 11.1 Å². The number of nitrogens with one attached hydrogen (secondary N) is 1. The minimum absolute atomic E-state index is 0.176. The van der Waals surface area contributed by atoms with E-state index in [1.807, 2.05) is 6.92 Å². The molecule has 2 aromatic carbocycles.